The second-order valence-corrected chi connectivity index (χ2v) is 7.48. The van der Waals surface area contributed by atoms with Crippen molar-refractivity contribution in [2.24, 2.45) is 0 Å². The van der Waals surface area contributed by atoms with E-state index in [0.29, 0.717) is 11.3 Å². The van der Waals surface area contributed by atoms with Gasteiger partial charge in [0.2, 0.25) is 5.91 Å². The van der Waals surface area contributed by atoms with Crippen LogP contribution in [0.4, 0.5) is 18.9 Å². The van der Waals surface area contributed by atoms with E-state index in [9.17, 15) is 18.0 Å². The number of ether oxygens (including phenoxy) is 1. The van der Waals surface area contributed by atoms with E-state index in [4.69, 9.17) is 16.3 Å². The first-order valence-electron chi connectivity index (χ1n) is 10.1. The standard InChI is InChI=1S/C24H18ClF3N4O2/c25-13-23(33)31(14-17-5-4-6-19(11-17)32-16-29-15-30-32)18-9-10-22(21(12-18)24(26,27)28)34-20-7-2-1-3-8-20/h1-12,15-16H,13-14H2. The number of para-hydroxylation sites is 1. The lowest BCUT2D eigenvalue weighted by Gasteiger charge is -2.24. The van der Waals surface area contributed by atoms with Gasteiger partial charge in [-0.05, 0) is 48.0 Å². The van der Waals surface area contributed by atoms with E-state index >= 15 is 0 Å². The van der Waals surface area contributed by atoms with Crippen LogP contribution in [0.1, 0.15) is 11.1 Å². The van der Waals surface area contributed by atoms with E-state index in [1.165, 1.54) is 34.4 Å². The minimum absolute atomic E-state index is 0.00424. The minimum Gasteiger partial charge on any atom is -0.457 e. The highest BCUT2D eigenvalue weighted by Gasteiger charge is 2.35. The minimum atomic E-state index is -4.71. The van der Waals surface area contributed by atoms with Crippen molar-refractivity contribution >= 4 is 23.2 Å². The van der Waals surface area contributed by atoms with Crippen molar-refractivity contribution < 1.29 is 22.7 Å². The summed E-state index contributed by atoms with van der Waals surface area (Å²) in [6.07, 6.45) is -1.81. The number of amides is 1. The Labute approximate surface area is 198 Å². The summed E-state index contributed by atoms with van der Waals surface area (Å²) in [6, 6.07) is 18.7. The van der Waals surface area contributed by atoms with E-state index in [-0.39, 0.29) is 23.7 Å². The van der Waals surface area contributed by atoms with Gasteiger partial charge in [-0.3, -0.25) is 4.79 Å². The molecule has 1 heterocycles. The van der Waals surface area contributed by atoms with E-state index in [0.717, 1.165) is 6.07 Å². The molecule has 0 aliphatic rings. The van der Waals surface area contributed by atoms with Gasteiger partial charge in [0.25, 0.3) is 0 Å². The molecule has 3 aromatic carbocycles. The van der Waals surface area contributed by atoms with Crippen molar-refractivity contribution in [2.45, 2.75) is 12.7 Å². The lowest BCUT2D eigenvalue weighted by Crippen LogP contribution is -2.31. The number of carbonyl (C=O) groups is 1. The molecule has 0 atom stereocenters. The highest BCUT2D eigenvalue weighted by atomic mass is 35.5. The zero-order valence-corrected chi connectivity index (χ0v) is 18.4. The van der Waals surface area contributed by atoms with Gasteiger partial charge >= 0.3 is 6.18 Å². The average molecular weight is 487 g/mol. The van der Waals surface area contributed by atoms with Gasteiger partial charge in [-0.2, -0.15) is 18.3 Å². The maximum Gasteiger partial charge on any atom is 0.420 e. The molecular weight excluding hydrogens is 469 g/mol. The summed E-state index contributed by atoms with van der Waals surface area (Å²) in [5.74, 6) is -1.04. The van der Waals surface area contributed by atoms with Crippen LogP contribution in [0.5, 0.6) is 11.5 Å². The number of halogens is 4. The molecule has 0 radical (unpaired) electrons. The number of hydrogen-bond donors (Lipinski definition) is 0. The van der Waals surface area contributed by atoms with Crippen LogP contribution in [-0.2, 0) is 17.5 Å². The molecule has 0 spiro atoms. The number of hydrogen-bond acceptors (Lipinski definition) is 4. The highest BCUT2D eigenvalue weighted by Crippen LogP contribution is 2.40. The molecule has 6 nitrogen and oxygen atoms in total. The quantitative estimate of drug-likeness (QED) is 0.307. The van der Waals surface area contributed by atoms with Crippen LogP contribution in [0.15, 0.2) is 85.5 Å². The molecule has 1 amide bonds. The van der Waals surface area contributed by atoms with Gasteiger partial charge in [-0.25, -0.2) is 9.67 Å². The molecule has 1 aromatic heterocycles. The van der Waals surface area contributed by atoms with Crippen molar-refractivity contribution in [3.05, 3.63) is 96.6 Å². The summed E-state index contributed by atoms with van der Waals surface area (Å²) in [7, 11) is 0. The summed E-state index contributed by atoms with van der Waals surface area (Å²) in [6.45, 7) is 0.00424. The van der Waals surface area contributed by atoms with Gasteiger partial charge in [0, 0.05) is 5.69 Å². The lowest BCUT2D eigenvalue weighted by atomic mass is 10.1. The normalized spacial score (nSPS) is 11.3. The van der Waals surface area contributed by atoms with E-state index in [1.54, 1.807) is 54.6 Å². The Hall–Kier alpha value is -3.85. The summed E-state index contributed by atoms with van der Waals surface area (Å²) in [5.41, 5.74) is 0.405. The molecule has 0 aliphatic heterocycles. The van der Waals surface area contributed by atoms with Crippen LogP contribution in [-0.4, -0.2) is 26.6 Å². The zero-order chi connectivity index (χ0) is 24.1. The highest BCUT2D eigenvalue weighted by molar-refractivity contribution is 6.29. The van der Waals surface area contributed by atoms with E-state index < -0.39 is 23.5 Å². The summed E-state index contributed by atoms with van der Waals surface area (Å²) in [5, 5.41) is 4.06. The van der Waals surface area contributed by atoms with E-state index in [2.05, 4.69) is 10.1 Å². The van der Waals surface area contributed by atoms with Crippen LogP contribution >= 0.6 is 11.6 Å². The molecule has 0 fully saturated rings. The molecular formula is C24H18ClF3N4O2. The zero-order valence-electron chi connectivity index (χ0n) is 17.6. The summed E-state index contributed by atoms with van der Waals surface area (Å²) < 4.78 is 48.7. The monoisotopic (exact) mass is 486 g/mol. The number of alkyl halides is 4. The Morgan fingerprint density at radius 1 is 1.03 bits per heavy atom. The van der Waals surface area contributed by atoms with Gasteiger partial charge in [-0.1, -0.05) is 30.3 Å². The number of aromatic nitrogens is 3. The molecule has 0 bridgehead atoms. The van der Waals surface area contributed by atoms with Crippen molar-refractivity contribution in [1.82, 2.24) is 14.8 Å². The Bertz CT molecular complexity index is 1260. The van der Waals surface area contributed by atoms with Crippen molar-refractivity contribution in [3.8, 4) is 17.2 Å². The van der Waals surface area contributed by atoms with Gasteiger partial charge in [0.1, 0.15) is 35.6 Å². The van der Waals surface area contributed by atoms with Gasteiger partial charge in [-0.15, -0.1) is 11.6 Å². The van der Waals surface area contributed by atoms with Crippen LogP contribution in [0, 0.1) is 0 Å². The number of rotatable bonds is 7. The van der Waals surface area contributed by atoms with Crippen LogP contribution in [0.3, 0.4) is 0 Å². The van der Waals surface area contributed by atoms with Gasteiger partial charge in [0.05, 0.1) is 12.2 Å². The number of nitrogens with zero attached hydrogens (tertiary/aromatic N) is 4. The molecule has 10 heteroatoms. The molecule has 0 aliphatic carbocycles. The SMILES string of the molecule is O=C(CCl)N(Cc1cccc(-n2cncn2)c1)c1ccc(Oc2ccccc2)c(C(F)(F)F)c1. The van der Waals surface area contributed by atoms with Crippen molar-refractivity contribution in [1.29, 1.82) is 0 Å². The molecule has 4 rings (SSSR count). The first-order valence-corrected chi connectivity index (χ1v) is 10.6. The second-order valence-electron chi connectivity index (χ2n) is 7.22. The Kier molecular flexibility index (Phi) is 6.83. The molecule has 0 N–H and O–H groups in total. The average Bonchev–Trinajstić information content (AvgIpc) is 3.38. The lowest BCUT2D eigenvalue weighted by molar-refractivity contribution is -0.138. The van der Waals surface area contributed by atoms with Gasteiger partial charge < -0.3 is 9.64 Å². The Morgan fingerprint density at radius 3 is 2.50 bits per heavy atom. The fourth-order valence-corrected chi connectivity index (χ4v) is 3.47. The first kappa shape index (κ1) is 23.3. The van der Waals surface area contributed by atoms with Crippen molar-refractivity contribution in [2.75, 3.05) is 10.8 Å². The van der Waals surface area contributed by atoms with Crippen LogP contribution in [0.25, 0.3) is 5.69 Å². The van der Waals surface area contributed by atoms with Crippen LogP contribution < -0.4 is 9.64 Å². The maximum atomic E-state index is 13.9. The van der Waals surface area contributed by atoms with Crippen molar-refractivity contribution in [3.63, 3.8) is 0 Å². The summed E-state index contributed by atoms with van der Waals surface area (Å²) >= 11 is 5.78. The van der Waals surface area contributed by atoms with Crippen LogP contribution in [0.2, 0.25) is 0 Å². The predicted molar refractivity (Wildman–Crippen MR) is 121 cm³/mol. The smallest absolute Gasteiger partial charge is 0.420 e. The molecule has 0 saturated heterocycles. The Balaban J connectivity index is 1.69. The largest absolute Gasteiger partial charge is 0.457 e. The molecule has 0 saturated carbocycles. The second kappa shape index (κ2) is 9.96. The number of carbonyl (C=O) groups excluding carboxylic acids is 1. The molecule has 174 valence electrons. The Morgan fingerprint density at radius 2 is 1.82 bits per heavy atom. The topological polar surface area (TPSA) is 60.2 Å². The fourth-order valence-electron chi connectivity index (χ4n) is 3.33. The number of benzene rings is 3. The third kappa shape index (κ3) is 5.37. The third-order valence-corrected chi connectivity index (χ3v) is 5.13. The predicted octanol–water partition coefficient (Wildman–Crippen LogP) is 5.85. The number of anilines is 1. The van der Waals surface area contributed by atoms with Gasteiger partial charge in [0.15, 0.2) is 0 Å². The fraction of sp³-hybridized carbons (Fsp3) is 0.125. The molecule has 0 unspecified atom stereocenters. The summed E-state index contributed by atoms with van der Waals surface area (Å²) in [4.78, 5) is 17.7. The third-order valence-electron chi connectivity index (χ3n) is 4.90. The van der Waals surface area contributed by atoms with E-state index in [1.807, 2.05) is 0 Å². The molecule has 34 heavy (non-hydrogen) atoms. The first-order chi connectivity index (χ1) is 16.3. The molecule has 4 aromatic rings. The maximum absolute atomic E-state index is 13.9.